The Morgan fingerprint density at radius 1 is 1.00 bits per heavy atom. The van der Waals surface area contributed by atoms with Crippen molar-refractivity contribution in [1.29, 1.82) is 0 Å². The van der Waals surface area contributed by atoms with E-state index in [1.54, 1.807) is 25.5 Å². The first-order chi connectivity index (χ1) is 12.3. The van der Waals surface area contributed by atoms with Crippen LogP contribution in [0.4, 0.5) is 0 Å². The number of ether oxygens (including phenoxy) is 2. The number of carbonyl (C=O) groups is 1. The van der Waals surface area contributed by atoms with E-state index in [9.17, 15) is 4.79 Å². The molecule has 126 valence electrons. The van der Waals surface area contributed by atoms with Crippen molar-refractivity contribution in [2.24, 2.45) is 5.10 Å². The minimum absolute atomic E-state index is 0.0925. The predicted molar refractivity (Wildman–Crippen MR) is 98.2 cm³/mol. The summed E-state index contributed by atoms with van der Waals surface area (Å²) in [5, 5.41) is 6.01. The van der Waals surface area contributed by atoms with Gasteiger partial charge in [-0.3, -0.25) is 4.79 Å². The summed E-state index contributed by atoms with van der Waals surface area (Å²) in [6, 6.07) is 20.8. The highest BCUT2D eigenvalue weighted by atomic mass is 16.5. The quantitative estimate of drug-likeness (QED) is 0.555. The number of methoxy groups -OCH3 is 1. The molecule has 3 aromatic rings. The maximum absolute atomic E-state index is 11.8. The number of benzene rings is 3. The zero-order chi connectivity index (χ0) is 17.5. The second-order valence-electron chi connectivity index (χ2n) is 5.30. The second-order valence-corrected chi connectivity index (χ2v) is 5.30. The summed E-state index contributed by atoms with van der Waals surface area (Å²) in [7, 11) is 1.64. The molecule has 0 aliphatic rings. The van der Waals surface area contributed by atoms with Gasteiger partial charge in [-0.2, -0.15) is 5.10 Å². The van der Waals surface area contributed by atoms with Gasteiger partial charge in [0.25, 0.3) is 5.91 Å². The van der Waals surface area contributed by atoms with Crippen molar-refractivity contribution in [2.45, 2.75) is 0 Å². The Kier molecular flexibility index (Phi) is 5.26. The maximum atomic E-state index is 11.8. The molecule has 0 aromatic heterocycles. The van der Waals surface area contributed by atoms with Crippen molar-refractivity contribution in [2.75, 3.05) is 13.7 Å². The number of rotatable bonds is 6. The number of hydrogen-bond acceptors (Lipinski definition) is 4. The molecule has 25 heavy (non-hydrogen) atoms. The standard InChI is InChI=1S/C20H18N2O3/c1-24-19-12-11-15(17-9-5-6-10-18(17)19)13-21-22-20(23)14-25-16-7-3-2-4-8-16/h2-13H,14H2,1H3,(H,22,23). The predicted octanol–water partition coefficient (Wildman–Crippen LogP) is 3.38. The van der Waals surface area contributed by atoms with Gasteiger partial charge in [-0.25, -0.2) is 5.43 Å². The zero-order valence-corrected chi connectivity index (χ0v) is 13.8. The van der Waals surface area contributed by atoms with Crippen molar-refractivity contribution in [3.63, 3.8) is 0 Å². The van der Waals surface area contributed by atoms with Gasteiger partial charge >= 0.3 is 0 Å². The molecule has 0 heterocycles. The van der Waals surface area contributed by atoms with Crippen molar-refractivity contribution < 1.29 is 14.3 Å². The van der Waals surface area contributed by atoms with Crippen LogP contribution in [0.5, 0.6) is 11.5 Å². The van der Waals surface area contributed by atoms with E-state index in [1.807, 2.05) is 54.6 Å². The molecule has 3 rings (SSSR count). The van der Waals surface area contributed by atoms with E-state index in [1.165, 1.54) is 0 Å². The molecule has 0 fully saturated rings. The highest BCUT2D eigenvalue weighted by molar-refractivity contribution is 6.02. The van der Waals surface area contributed by atoms with Gasteiger partial charge in [0.15, 0.2) is 6.61 Å². The van der Waals surface area contributed by atoms with Gasteiger partial charge in [0.1, 0.15) is 11.5 Å². The van der Waals surface area contributed by atoms with Crippen LogP contribution in [0.2, 0.25) is 0 Å². The van der Waals surface area contributed by atoms with E-state index >= 15 is 0 Å². The fraction of sp³-hybridized carbons (Fsp3) is 0.100. The summed E-state index contributed by atoms with van der Waals surface area (Å²) in [4.78, 5) is 11.8. The molecule has 5 nitrogen and oxygen atoms in total. The smallest absolute Gasteiger partial charge is 0.277 e. The topological polar surface area (TPSA) is 59.9 Å². The molecular formula is C20H18N2O3. The second kappa shape index (κ2) is 7.97. The minimum Gasteiger partial charge on any atom is -0.496 e. The third kappa shape index (κ3) is 4.14. The first-order valence-electron chi connectivity index (χ1n) is 7.83. The molecule has 1 N–H and O–H groups in total. The van der Waals surface area contributed by atoms with Crippen molar-refractivity contribution in [3.05, 3.63) is 72.3 Å². The van der Waals surface area contributed by atoms with Gasteiger partial charge in [0.05, 0.1) is 13.3 Å². The van der Waals surface area contributed by atoms with Gasteiger partial charge in [-0.05, 0) is 29.7 Å². The Bertz CT molecular complexity index is 892. The van der Waals surface area contributed by atoms with Crippen molar-refractivity contribution >= 4 is 22.9 Å². The Morgan fingerprint density at radius 3 is 2.48 bits per heavy atom. The van der Waals surface area contributed by atoms with E-state index in [0.29, 0.717) is 5.75 Å². The van der Waals surface area contributed by atoms with Crippen LogP contribution in [-0.2, 0) is 4.79 Å². The molecule has 0 aliphatic carbocycles. The lowest BCUT2D eigenvalue weighted by molar-refractivity contribution is -0.123. The van der Waals surface area contributed by atoms with Crippen LogP contribution >= 0.6 is 0 Å². The summed E-state index contributed by atoms with van der Waals surface area (Å²) in [6.45, 7) is -0.0925. The molecular weight excluding hydrogens is 316 g/mol. The van der Waals surface area contributed by atoms with Crippen LogP contribution < -0.4 is 14.9 Å². The van der Waals surface area contributed by atoms with Crippen LogP contribution in [-0.4, -0.2) is 25.8 Å². The molecule has 0 radical (unpaired) electrons. The molecule has 0 bridgehead atoms. The number of para-hydroxylation sites is 1. The summed E-state index contributed by atoms with van der Waals surface area (Å²) >= 11 is 0. The summed E-state index contributed by atoms with van der Waals surface area (Å²) in [5.74, 6) is 1.12. The average Bonchev–Trinajstić information content (AvgIpc) is 2.67. The van der Waals surface area contributed by atoms with Crippen molar-refractivity contribution in [1.82, 2.24) is 5.43 Å². The third-order valence-electron chi connectivity index (χ3n) is 3.64. The van der Waals surface area contributed by atoms with Crippen LogP contribution in [0.15, 0.2) is 71.8 Å². The van der Waals surface area contributed by atoms with E-state index in [2.05, 4.69) is 10.5 Å². The van der Waals surface area contributed by atoms with Crippen LogP contribution in [0, 0.1) is 0 Å². The molecule has 0 saturated carbocycles. The first kappa shape index (κ1) is 16.5. The summed E-state index contributed by atoms with van der Waals surface area (Å²) < 4.78 is 10.7. The Balaban J connectivity index is 1.64. The fourth-order valence-electron chi connectivity index (χ4n) is 2.46. The van der Waals surface area contributed by atoms with Crippen LogP contribution in [0.25, 0.3) is 10.8 Å². The molecule has 1 amide bonds. The van der Waals surface area contributed by atoms with Crippen LogP contribution in [0.3, 0.4) is 0 Å². The zero-order valence-electron chi connectivity index (χ0n) is 13.8. The van der Waals surface area contributed by atoms with Crippen LogP contribution in [0.1, 0.15) is 5.56 Å². The lowest BCUT2D eigenvalue weighted by atomic mass is 10.0. The Hall–Kier alpha value is -3.34. The van der Waals surface area contributed by atoms with Gasteiger partial charge < -0.3 is 9.47 Å². The summed E-state index contributed by atoms with van der Waals surface area (Å²) in [5.41, 5.74) is 3.36. The number of nitrogens with zero attached hydrogens (tertiary/aromatic N) is 1. The first-order valence-corrected chi connectivity index (χ1v) is 7.83. The number of carbonyl (C=O) groups excluding carboxylic acids is 1. The SMILES string of the molecule is COc1ccc(C=NNC(=O)COc2ccccc2)c2ccccc12. The number of amides is 1. The third-order valence-corrected chi connectivity index (χ3v) is 3.64. The lowest BCUT2D eigenvalue weighted by Gasteiger charge is -2.07. The van der Waals surface area contributed by atoms with Gasteiger partial charge in [-0.1, -0.05) is 42.5 Å². The van der Waals surface area contributed by atoms with Gasteiger partial charge in [0.2, 0.25) is 0 Å². The normalized spacial score (nSPS) is 10.8. The largest absolute Gasteiger partial charge is 0.496 e. The highest BCUT2D eigenvalue weighted by Crippen LogP contribution is 2.27. The molecule has 0 atom stereocenters. The molecule has 0 aliphatic heterocycles. The number of nitrogens with one attached hydrogen (secondary N) is 1. The van der Waals surface area contributed by atoms with E-state index in [-0.39, 0.29) is 12.5 Å². The Morgan fingerprint density at radius 2 is 1.72 bits per heavy atom. The molecule has 5 heteroatoms. The number of hydrogen-bond donors (Lipinski definition) is 1. The van der Waals surface area contributed by atoms with E-state index in [4.69, 9.17) is 9.47 Å². The molecule has 0 spiro atoms. The van der Waals surface area contributed by atoms with Crippen molar-refractivity contribution in [3.8, 4) is 11.5 Å². The number of fused-ring (bicyclic) bond motifs is 1. The monoisotopic (exact) mass is 334 g/mol. The van der Waals surface area contributed by atoms with E-state index < -0.39 is 0 Å². The average molecular weight is 334 g/mol. The minimum atomic E-state index is -0.321. The fourth-order valence-corrected chi connectivity index (χ4v) is 2.46. The van der Waals surface area contributed by atoms with E-state index in [0.717, 1.165) is 22.1 Å². The van der Waals surface area contributed by atoms with Gasteiger partial charge in [0, 0.05) is 10.9 Å². The maximum Gasteiger partial charge on any atom is 0.277 e. The highest BCUT2D eigenvalue weighted by Gasteiger charge is 2.05. The van der Waals surface area contributed by atoms with Gasteiger partial charge in [-0.15, -0.1) is 0 Å². The Labute approximate surface area is 145 Å². The molecule has 0 saturated heterocycles. The molecule has 3 aromatic carbocycles. The summed E-state index contributed by atoms with van der Waals surface area (Å²) in [6.07, 6.45) is 1.61. The lowest BCUT2D eigenvalue weighted by Crippen LogP contribution is -2.24. The molecule has 0 unspecified atom stereocenters. The number of hydrazone groups is 1.